The fraction of sp³-hybridized carbons (Fsp3) is 0.333. The predicted octanol–water partition coefficient (Wildman–Crippen LogP) is 2.39. The van der Waals surface area contributed by atoms with Crippen molar-refractivity contribution in [3.63, 3.8) is 0 Å². The summed E-state index contributed by atoms with van der Waals surface area (Å²) < 4.78 is 39.4. The number of rotatable bonds is 4. The minimum Gasteiger partial charge on any atom is -0.296 e. The van der Waals surface area contributed by atoms with E-state index < -0.39 is 15.8 Å². The number of sulfonamides is 1. The summed E-state index contributed by atoms with van der Waals surface area (Å²) in [4.78, 5) is 2.40. The first-order valence-corrected chi connectivity index (χ1v) is 9.43. The van der Waals surface area contributed by atoms with Gasteiger partial charge in [0.1, 0.15) is 5.82 Å². The molecule has 1 saturated heterocycles. The molecular weight excluding hydrogens is 323 g/mol. The summed E-state index contributed by atoms with van der Waals surface area (Å²) in [5, 5.41) is 4.16. The van der Waals surface area contributed by atoms with E-state index >= 15 is 0 Å². The smallest absolute Gasteiger partial charge is 0.243 e. The van der Waals surface area contributed by atoms with Gasteiger partial charge >= 0.3 is 0 Å². The lowest BCUT2D eigenvalue weighted by atomic mass is 10.3. The van der Waals surface area contributed by atoms with Crippen molar-refractivity contribution < 1.29 is 12.8 Å². The molecule has 118 valence electrons. The standard InChI is InChI=1S/C15H17FN2O2S2/c16-14-1-3-15(4-2-14)22(19,20)18-8-6-17(7-9-18)11-13-5-10-21-12-13/h1-5,10,12H,6-9,11H2. The van der Waals surface area contributed by atoms with Crippen LogP contribution in [0, 0.1) is 5.82 Å². The number of hydrogen-bond acceptors (Lipinski definition) is 4. The van der Waals surface area contributed by atoms with Crippen LogP contribution in [0.2, 0.25) is 0 Å². The molecule has 1 aromatic carbocycles. The molecule has 2 aromatic rings. The highest BCUT2D eigenvalue weighted by molar-refractivity contribution is 7.89. The van der Waals surface area contributed by atoms with E-state index in [4.69, 9.17) is 0 Å². The van der Waals surface area contributed by atoms with Crippen molar-refractivity contribution >= 4 is 21.4 Å². The van der Waals surface area contributed by atoms with Crippen molar-refractivity contribution in [3.8, 4) is 0 Å². The molecule has 0 radical (unpaired) electrons. The van der Waals surface area contributed by atoms with E-state index in [0.717, 1.165) is 6.54 Å². The zero-order valence-corrected chi connectivity index (χ0v) is 13.6. The molecule has 0 saturated carbocycles. The molecule has 0 atom stereocenters. The molecule has 3 rings (SSSR count). The van der Waals surface area contributed by atoms with E-state index in [0.29, 0.717) is 26.2 Å². The third kappa shape index (κ3) is 3.38. The number of thiophene rings is 1. The van der Waals surface area contributed by atoms with Crippen LogP contribution in [0.4, 0.5) is 4.39 Å². The van der Waals surface area contributed by atoms with Gasteiger partial charge in [-0.3, -0.25) is 4.90 Å². The fourth-order valence-electron chi connectivity index (χ4n) is 2.52. The molecule has 0 amide bonds. The Kier molecular flexibility index (Phi) is 4.58. The van der Waals surface area contributed by atoms with E-state index in [-0.39, 0.29) is 4.90 Å². The largest absolute Gasteiger partial charge is 0.296 e. The molecule has 0 aliphatic carbocycles. The Balaban J connectivity index is 1.64. The van der Waals surface area contributed by atoms with Crippen LogP contribution >= 0.6 is 11.3 Å². The lowest BCUT2D eigenvalue weighted by Gasteiger charge is -2.33. The summed E-state index contributed by atoms with van der Waals surface area (Å²) in [6, 6.07) is 7.09. The average molecular weight is 340 g/mol. The van der Waals surface area contributed by atoms with Crippen molar-refractivity contribution in [1.29, 1.82) is 0 Å². The van der Waals surface area contributed by atoms with E-state index in [1.807, 2.05) is 5.38 Å². The van der Waals surface area contributed by atoms with E-state index in [2.05, 4.69) is 16.3 Å². The molecule has 1 fully saturated rings. The summed E-state index contributed by atoms with van der Waals surface area (Å²) in [7, 11) is -3.52. The van der Waals surface area contributed by atoms with E-state index in [1.54, 1.807) is 11.3 Å². The molecule has 1 aromatic heterocycles. The van der Waals surface area contributed by atoms with Crippen LogP contribution in [0.3, 0.4) is 0 Å². The third-order valence-electron chi connectivity index (χ3n) is 3.77. The molecule has 0 unspecified atom stereocenters. The van der Waals surface area contributed by atoms with Crippen molar-refractivity contribution in [2.24, 2.45) is 0 Å². The molecule has 4 nitrogen and oxygen atoms in total. The van der Waals surface area contributed by atoms with Gasteiger partial charge in [0.25, 0.3) is 0 Å². The summed E-state index contributed by atoms with van der Waals surface area (Å²) in [5.41, 5.74) is 1.26. The number of hydrogen-bond donors (Lipinski definition) is 0. The minimum atomic E-state index is -3.52. The number of piperazine rings is 1. The number of halogens is 1. The van der Waals surface area contributed by atoms with Crippen LogP contribution in [0.5, 0.6) is 0 Å². The lowest BCUT2D eigenvalue weighted by molar-refractivity contribution is 0.182. The lowest BCUT2D eigenvalue weighted by Crippen LogP contribution is -2.48. The Morgan fingerprint density at radius 3 is 2.32 bits per heavy atom. The SMILES string of the molecule is O=S(=O)(c1ccc(F)cc1)N1CCN(Cc2ccsc2)CC1. The van der Waals surface area contributed by atoms with Gasteiger partial charge in [-0.05, 0) is 46.7 Å². The van der Waals surface area contributed by atoms with Gasteiger partial charge in [-0.25, -0.2) is 12.8 Å². The molecule has 22 heavy (non-hydrogen) atoms. The van der Waals surface area contributed by atoms with Crippen LogP contribution < -0.4 is 0 Å². The zero-order chi connectivity index (χ0) is 15.6. The monoisotopic (exact) mass is 340 g/mol. The highest BCUT2D eigenvalue weighted by atomic mass is 32.2. The van der Waals surface area contributed by atoms with Gasteiger partial charge < -0.3 is 0 Å². The molecule has 1 aliphatic heterocycles. The average Bonchev–Trinajstić information content (AvgIpc) is 3.01. The Labute approximate surface area is 133 Å². The Morgan fingerprint density at radius 1 is 1.05 bits per heavy atom. The molecule has 0 N–H and O–H groups in total. The fourth-order valence-corrected chi connectivity index (χ4v) is 4.61. The maximum atomic E-state index is 12.9. The van der Waals surface area contributed by atoms with Crippen LogP contribution in [-0.4, -0.2) is 43.8 Å². The second-order valence-electron chi connectivity index (χ2n) is 5.27. The molecular formula is C15H17FN2O2S2. The van der Waals surface area contributed by atoms with Gasteiger partial charge in [0, 0.05) is 32.7 Å². The van der Waals surface area contributed by atoms with Crippen LogP contribution in [0.1, 0.15) is 5.56 Å². The topological polar surface area (TPSA) is 40.6 Å². The third-order valence-corrected chi connectivity index (χ3v) is 6.41. The van der Waals surface area contributed by atoms with Crippen LogP contribution in [-0.2, 0) is 16.6 Å². The Bertz CT molecular complexity index is 707. The predicted molar refractivity (Wildman–Crippen MR) is 84.8 cm³/mol. The summed E-state index contributed by atoms with van der Waals surface area (Å²) in [6.07, 6.45) is 0. The van der Waals surface area contributed by atoms with E-state index in [9.17, 15) is 12.8 Å². The first-order valence-electron chi connectivity index (χ1n) is 7.05. The second kappa shape index (κ2) is 6.45. The summed E-state index contributed by atoms with van der Waals surface area (Å²) in [6.45, 7) is 3.19. The van der Waals surface area contributed by atoms with Gasteiger partial charge in [-0.2, -0.15) is 15.6 Å². The van der Waals surface area contributed by atoms with Crippen LogP contribution in [0.15, 0.2) is 46.0 Å². The molecule has 1 aliphatic rings. The molecule has 7 heteroatoms. The van der Waals surface area contributed by atoms with Crippen molar-refractivity contribution in [3.05, 3.63) is 52.5 Å². The maximum Gasteiger partial charge on any atom is 0.243 e. The summed E-state index contributed by atoms with van der Waals surface area (Å²) >= 11 is 1.67. The highest BCUT2D eigenvalue weighted by Crippen LogP contribution is 2.19. The zero-order valence-electron chi connectivity index (χ0n) is 12.0. The molecule has 0 bridgehead atoms. The van der Waals surface area contributed by atoms with Gasteiger partial charge in [0.2, 0.25) is 10.0 Å². The first kappa shape index (κ1) is 15.6. The minimum absolute atomic E-state index is 0.153. The quantitative estimate of drug-likeness (QED) is 0.858. The number of benzene rings is 1. The van der Waals surface area contributed by atoms with Crippen molar-refractivity contribution in [2.75, 3.05) is 26.2 Å². The Hall–Kier alpha value is -1.28. The van der Waals surface area contributed by atoms with Crippen LogP contribution in [0.25, 0.3) is 0 Å². The van der Waals surface area contributed by atoms with Crippen molar-refractivity contribution in [2.45, 2.75) is 11.4 Å². The highest BCUT2D eigenvalue weighted by Gasteiger charge is 2.28. The van der Waals surface area contributed by atoms with Gasteiger partial charge in [-0.15, -0.1) is 0 Å². The normalized spacial score (nSPS) is 17.7. The number of nitrogens with zero attached hydrogens (tertiary/aromatic N) is 2. The van der Waals surface area contributed by atoms with Gasteiger partial charge in [0.15, 0.2) is 0 Å². The first-order chi connectivity index (χ1) is 10.6. The molecule has 0 spiro atoms. The van der Waals surface area contributed by atoms with Gasteiger partial charge in [0.05, 0.1) is 4.90 Å². The molecule has 2 heterocycles. The second-order valence-corrected chi connectivity index (χ2v) is 7.98. The Morgan fingerprint density at radius 2 is 1.73 bits per heavy atom. The maximum absolute atomic E-state index is 12.9. The van der Waals surface area contributed by atoms with E-state index in [1.165, 1.54) is 34.1 Å². The summed E-state index contributed by atoms with van der Waals surface area (Å²) in [5.74, 6) is -0.431. The van der Waals surface area contributed by atoms with Gasteiger partial charge in [-0.1, -0.05) is 0 Å². The van der Waals surface area contributed by atoms with Crippen molar-refractivity contribution in [1.82, 2.24) is 9.21 Å².